The number of furan rings is 1. The van der Waals surface area contributed by atoms with Crippen LogP contribution in [0.1, 0.15) is 17.1 Å². The van der Waals surface area contributed by atoms with Crippen molar-refractivity contribution in [1.29, 1.82) is 0 Å². The Morgan fingerprint density at radius 2 is 1.90 bits per heavy atom. The number of hydrogen-bond acceptors (Lipinski definition) is 4. The first-order valence-electron chi connectivity index (χ1n) is 5.94. The highest BCUT2D eigenvalue weighted by Crippen LogP contribution is 2.29. The van der Waals surface area contributed by atoms with Crippen LogP contribution in [-0.4, -0.2) is 13.5 Å². The lowest BCUT2D eigenvalue weighted by Gasteiger charge is -2.09. The summed E-state index contributed by atoms with van der Waals surface area (Å²) in [7, 11) is -4.17. The van der Waals surface area contributed by atoms with Crippen molar-refractivity contribution >= 4 is 15.7 Å². The van der Waals surface area contributed by atoms with Gasteiger partial charge in [-0.1, -0.05) is 0 Å². The van der Waals surface area contributed by atoms with Crippen LogP contribution in [0.4, 0.5) is 14.5 Å². The first-order chi connectivity index (χ1) is 9.76. The van der Waals surface area contributed by atoms with Crippen molar-refractivity contribution in [1.82, 2.24) is 0 Å². The van der Waals surface area contributed by atoms with Gasteiger partial charge in [0.15, 0.2) is 0 Å². The van der Waals surface area contributed by atoms with Crippen LogP contribution < -0.4 is 4.72 Å². The normalized spacial score (nSPS) is 11.7. The van der Waals surface area contributed by atoms with E-state index in [4.69, 9.17) is 4.42 Å². The molecule has 0 spiro atoms. The fourth-order valence-corrected chi connectivity index (χ4v) is 3.52. The predicted octanol–water partition coefficient (Wildman–Crippen LogP) is 2.47. The molecule has 2 rings (SSSR count). The summed E-state index contributed by atoms with van der Waals surface area (Å²) in [5.41, 5.74) is -0.291. The molecule has 0 fully saturated rings. The first kappa shape index (κ1) is 15.5. The van der Waals surface area contributed by atoms with Crippen molar-refractivity contribution in [3.05, 3.63) is 46.9 Å². The lowest BCUT2D eigenvalue weighted by molar-refractivity contribution is 0.276. The Bertz CT molecular complexity index is 784. The molecule has 21 heavy (non-hydrogen) atoms. The Balaban J connectivity index is 2.48. The summed E-state index contributed by atoms with van der Waals surface area (Å²) in [4.78, 5) is -0.244. The second kappa shape index (κ2) is 5.45. The van der Waals surface area contributed by atoms with Gasteiger partial charge in [0.25, 0.3) is 10.0 Å². The summed E-state index contributed by atoms with van der Waals surface area (Å²) in [6, 6.07) is 2.47. The Labute approximate surface area is 120 Å². The lowest BCUT2D eigenvalue weighted by atomic mass is 10.2. The molecule has 0 amide bonds. The van der Waals surface area contributed by atoms with Gasteiger partial charge in [0, 0.05) is 11.6 Å². The molecule has 0 aliphatic heterocycles. The fourth-order valence-electron chi connectivity index (χ4n) is 2.01. The number of sulfonamides is 1. The van der Waals surface area contributed by atoms with Crippen LogP contribution in [0.3, 0.4) is 0 Å². The van der Waals surface area contributed by atoms with Crippen LogP contribution in [0, 0.1) is 25.5 Å². The highest BCUT2D eigenvalue weighted by atomic mass is 32.2. The SMILES string of the molecule is Cc1oc(C)c(S(=O)(=O)Nc2ccc(F)cc2F)c1CO. The van der Waals surface area contributed by atoms with Gasteiger partial charge in [0.1, 0.15) is 28.1 Å². The number of nitrogens with one attached hydrogen (secondary N) is 1. The highest BCUT2D eigenvalue weighted by Gasteiger charge is 2.27. The summed E-state index contributed by atoms with van der Waals surface area (Å²) in [6.07, 6.45) is 0. The molecule has 0 bridgehead atoms. The first-order valence-corrected chi connectivity index (χ1v) is 7.42. The third-order valence-electron chi connectivity index (χ3n) is 2.93. The maximum atomic E-state index is 13.5. The van der Waals surface area contributed by atoms with Gasteiger partial charge in [0.05, 0.1) is 12.3 Å². The molecule has 0 aliphatic carbocycles. The van der Waals surface area contributed by atoms with Gasteiger partial charge in [0.2, 0.25) is 0 Å². The van der Waals surface area contributed by atoms with Gasteiger partial charge in [-0.15, -0.1) is 0 Å². The van der Waals surface area contributed by atoms with E-state index in [-0.39, 0.29) is 22.0 Å². The molecular formula is C13H13F2NO4S. The highest BCUT2D eigenvalue weighted by molar-refractivity contribution is 7.92. The summed E-state index contributed by atoms with van der Waals surface area (Å²) in [5, 5.41) is 9.26. The molecule has 2 N–H and O–H groups in total. The van der Waals surface area contributed by atoms with E-state index in [0.717, 1.165) is 12.1 Å². The Morgan fingerprint density at radius 3 is 2.48 bits per heavy atom. The minimum Gasteiger partial charge on any atom is -0.465 e. The Morgan fingerprint density at radius 1 is 1.24 bits per heavy atom. The average Bonchev–Trinajstić information content (AvgIpc) is 2.67. The largest absolute Gasteiger partial charge is 0.465 e. The topological polar surface area (TPSA) is 79.5 Å². The van der Waals surface area contributed by atoms with E-state index in [0.29, 0.717) is 6.07 Å². The third-order valence-corrected chi connectivity index (χ3v) is 4.49. The quantitative estimate of drug-likeness (QED) is 0.908. The van der Waals surface area contributed by atoms with Gasteiger partial charge in [-0.05, 0) is 26.0 Å². The Hall–Kier alpha value is -1.93. The molecule has 1 aromatic carbocycles. The van der Waals surface area contributed by atoms with Crippen molar-refractivity contribution in [2.24, 2.45) is 0 Å². The number of aryl methyl sites for hydroxylation is 2. The van der Waals surface area contributed by atoms with Crippen LogP contribution in [0.2, 0.25) is 0 Å². The maximum Gasteiger partial charge on any atom is 0.265 e. The van der Waals surface area contributed by atoms with Gasteiger partial charge in [-0.3, -0.25) is 4.72 Å². The number of hydrogen-bond donors (Lipinski definition) is 2. The van der Waals surface area contributed by atoms with Crippen LogP contribution in [-0.2, 0) is 16.6 Å². The molecule has 0 unspecified atom stereocenters. The van der Waals surface area contributed by atoms with Crippen LogP contribution in [0.5, 0.6) is 0 Å². The van der Waals surface area contributed by atoms with Gasteiger partial charge < -0.3 is 9.52 Å². The van der Waals surface area contributed by atoms with E-state index in [1.165, 1.54) is 13.8 Å². The zero-order valence-corrected chi connectivity index (χ0v) is 12.1. The van der Waals surface area contributed by atoms with E-state index < -0.39 is 34.0 Å². The zero-order chi connectivity index (χ0) is 15.8. The van der Waals surface area contributed by atoms with Crippen LogP contribution >= 0.6 is 0 Å². The molecule has 5 nitrogen and oxygen atoms in total. The molecule has 0 atom stereocenters. The number of anilines is 1. The molecule has 0 radical (unpaired) electrons. The number of aliphatic hydroxyl groups excluding tert-OH is 1. The van der Waals surface area contributed by atoms with E-state index in [2.05, 4.69) is 0 Å². The van der Waals surface area contributed by atoms with Gasteiger partial charge in [-0.2, -0.15) is 0 Å². The lowest BCUT2D eigenvalue weighted by Crippen LogP contribution is -2.16. The van der Waals surface area contributed by atoms with Crippen molar-refractivity contribution in [3.63, 3.8) is 0 Å². The van der Waals surface area contributed by atoms with Crippen molar-refractivity contribution in [2.75, 3.05) is 4.72 Å². The molecule has 0 saturated carbocycles. The summed E-state index contributed by atoms with van der Waals surface area (Å²) < 4.78 is 58.2. The number of halogens is 2. The maximum absolute atomic E-state index is 13.5. The molecule has 2 aromatic rings. The smallest absolute Gasteiger partial charge is 0.265 e. The fraction of sp³-hybridized carbons (Fsp3) is 0.231. The second-order valence-electron chi connectivity index (χ2n) is 4.41. The Kier molecular flexibility index (Phi) is 4.02. The van der Waals surface area contributed by atoms with Crippen molar-refractivity contribution < 1.29 is 26.7 Å². The predicted molar refractivity (Wildman–Crippen MR) is 71.3 cm³/mol. The average molecular weight is 317 g/mol. The molecule has 0 aliphatic rings. The van der Waals surface area contributed by atoms with E-state index in [1.54, 1.807) is 0 Å². The van der Waals surface area contributed by atoms with E-state index in [1.807, 2.05) is 4.72 Å². The molecule has 114 valence electrons. The van der Waals surface area contributed by atoms with Crippen LogP contribution in [0.25, 0.3) is 0 Å². The standard InChI is InChI=1S/C13H13F2NO4S/c1-7-10(6-17)13(8(2)20-7)21(18,19)16-12-4-3-9(14)5-11(12)15/h3-5,16-17H,6H2,1-2H3. The van der Waals surface area contributed by atoms with Gasteiger partial charge in [-0.25, -0.2) is 17.2 Å². The number of benzene rings is 1. The third kappa shape index (κ3) is 2.91. The minimum atomic E-state index is -4.17. The summed E-state index contributed by atoms with van der Waals surface area (Å²) in [5.74, 6) is -1.52. The number of aliphatic hydroxyl groups is 1. The number of rotatable bonds is 4. The van der Waals surface area contributed by atoms with E-state index >= 15 is 0 Å². The molecule has 1 heterocycles. The van der Waals surface area contributed by atoms with Crippen molar-refractivity contribution in [2.45, 2.75) is 25.3 Å². The zero-order valence-electron chi connectivity index (χ0n) is 11.3. The molecular weight excluding hydrogens is 304 g/mol. The molecule has 1 aromatic heterocycles. The summed E-state index contributed by atoms with van der Waals surface area (Å²) in [6.45, 7) is 2.39. The van der Waals surface area contributed by atoms with Gasteiger partial charge >= 0.3 is 0 Å². The second-order valence-corrected chi connectivity index (χ2v) is 6.03. The van der Waals surface area contributed by atoms with Crippen LogP contribution in [0.15, 0.2) is 27.5 Å². The summed E-state index contributed by atoms with van der Waals surface area (Å²) >= 11 is 0. The monoisotopic (exact) mass is 317 g/mol. The van der Waals surface area contributed by atoms with Crippen molar-refractivity contribution in [3.8, 4) is 0 Å². The van der Waals surface area contributed by atoms with E-state index in [9.17, 15) is 22.3 Å². The molecule has 8 heteroatoms. The minimum absolute atomic E-state index is 0.0755. The molecule has 0 saturated heterocycles.